The van der Waals surface area contributed by atoms with Crippen LogP contribution in [0.15, 0.2) is 0 Å². The molecule has 2 heteroatoms. The molecule has 2 nitrogen and oxygen atoms in total. The van der Waals surface area contributed by atoms with Crippen molar-refractivity contribution in [2.24, 2.45) is 5.92 Å². The van der Waals surface area contributed by atoms with Gasteiger partial charge in [-0.1, -0.05) is 26.7 Å². The van der Waals surface area contributed by atoms with Gasteiger partial charge in [-0.05, 0) is 44.4 Å². The summed E-state index contributed by atoms with van der Waals surface area (Å²) in [6.45, 7) is 5.56. The fourth-order valence-electron chi connectivity index (χ4n) is 3.29. The molecule has 1 saturated carbocycles. The highest BCUT2D eigenvalue weighted by Crippen LogP contribution is 2.37. The minimum atomic E-state index is 0.0593. The Morgan fingerprint density at radius 1 is 1.19 bits per heavy atom. The fraction of sp³-hybridized carbons (Fsp3) is 1.00. The Hall–Kier alpha value is -0.0800. The second-order valence-corrected chi connectivity index (χ2v) is 5.61. The number of ether oxygens (including phenoxy) is 1. The van der Waals surface area contributed by atoms with Gasteiger partial charge in [0.2, 0.25) is 0 Å². The van der Waals surface area contributed by atoms with Crippen molar-refractivity contribution in [3.05, 3.63) is 0 Å². The Balaban J connectivity index is 1.88. The first-order chi connectivity index (χ1) is 7.78. The van der Waals surface area contributed by atoms with Crippen LogP contribution < -0.4 is 5.32 Å². The van der Waals surface area contributed by atoms with Gasteiger partial charge in [0.15, 0.2) is 0 Å². The third-order valence-corrected chi connectivity index (χ3v) is 4.44. The summed E-state index contributed by atoms with van der Waals surface area (Å²) in [5.41, 5.74) is 0.0593. The molecule has 1 aliphatic heterocycles. The average molecular weight is 225 g/mol. The molecule has 1 atom stereocenters. The van der Waals surface area contributed by atoms with Gasteiger partial charge in [0.05, 0.1) is 6.61 Å². The van der Waals surface area contributed by atoms with Gasteiger partial charge >= 0.3 is 0 Å². The minimum absolute atomic E-state index is 0.0593. The summed E-state index contributed by atoms with van der Waals surface area (Å²) in [5.74, 6) is 0.947. The molecule has 2 fully saturated rings. The summed E-state index contributed by atoms with van der Waals surface area (Å²) in [7, 11) is 0. The van der Waals surface area contributed by atoms with Crippen molar-refractivity contribution >= 4 is 0 Å². The first-order valence-electron chi connectivity index (χ1n) is 7.19. The van der Waals surface area contributed by atoms with Crippen LogP contribution in [0.5, 0.6) is 0 Å². The maximum atomic E-state index is 6.06. The van der Waals surface area contributed by atoms with Crippen molar-refractivity contribution in [1.82, 2.24) is 5.32 Å². The summed E-state index contributed by atoms with van der Waals surface area (Å²) >= 11 is 0. The molecule has 1 spiro atoms. The molecule has 1 heterocycles. The smallest absolute Gasteiger partial charge is 0.119 e. The molecular formula is C14H27NO. The summed E-state index contributed by atoms with van der Waals surface area (Å²) in [4.78, 5) is 0. The van der Waals surface area contributed by atoms with Gasteiger partial charge in [0, 0.05) is 6.04 Å². The quantitative estimate of drug-likeness (QED) is 0.794. The van der Waals surface area contributed by atoms with E-state index in [0.717, 1.165) is 12.5 Å². The molecule has 1 N–H and O–H groups in total. The molecule has 0 aromatic carbocycles. The van der Waals surface area contributed by atoms with Gasteiger partial charge in [-0.15, -0.1) is 0 Å². The Morgan fingerprint density at radius 3 is 2.56 bits per heavy atom. The molecule has 0 bridgehead atoms. The standard InChI is InChI=1S/C14H27NO/c1-3-5-13-8-11-16-14(15-13)9-6-12(4-2)7-10-14/h12-13,15H,3-11H2,1-2H3. The van der Waals surface area contributed by atoms with Crippen LogP contribution in [-0.4, -0.2) is 18.4 Å². The molecule has 1 unspecified atom stereocenters. The van der Waals surface area contributed by atoms with Crippen molar-refractivity contribution < 1.29 is 4.74 Å². The number of nitrogens with one attached hydrogen (secondary N) is 1. The third kappa shape index (κ3) is 2.78. The highest BCUT2D eigenvalue weighted by molar-refractivity contribution is 4.90. The molecule has 2 aliphatic rings. The van der Waals surface area contributed by atoms with E-state index in [-0.39, 0.29) is 5.72 Å². The topological polar surface area (TPSA) is 21.3 Å². The molecule has 2 rings (SSSR count). The van der Waals surface area contributed by atoms with Crippen LogP contribution in [0.25, 0.3) is 0 Å². The number of hydrogen-bond acceptors (Lipinski definition) is 2. The second-order valence-electron chi connectivity index (χ2n) is 5.61. The molecule has 94 valence electrons. The predicted molar refractivity (Wildman–Crippen MR) is 67.4 cm³/mol. The largest absolute Gasteiger partial charge is 0.361 e. The van der Waals surface area contributed by atoms with E-state index >= 15 is 0 Å². The van der Waals surface area contributed by atoms with Crippen LogP contribution in [0.3, 0.4) is 0 Å². The summed E-state index contributed by atoms with van der Waals surface area (Å²) < 4.78 is 6.06. The zero-order valence-corrected chi connectivity index (χ0v) is 10.9. The van der Waals surface area contributed by atoms with E-state index in [2.05, 4.69) is 19.2 Å². The molecule has 0 aromatic rings. The third-order valence-electron chi connectivity index (χ3n) is 4.44. The van der Waals surface area contributed by atoms with E-state index in [0.29, 0.717) is 6.04 Å². The average Bonchev–Trinajstić information content (AvgIpc) is 2.31. The second kappa shape index (κ2) is 5.50. The monoisotopic (exact) mass is 225 g/mol. The Kier molecular flexibility index (Phi) is 4.26. The van der Waals surface area contributed by atoms with E-state index in [1.54, 1.807) is 0 Å². The van der Waals surface area contributed by atoms with Gasteiger partial charge in [0.1, 0.15) is 5.72 Å². The summed E-state index contributed by atoms with van der Waals surface area (Å²) in [6, 6.07) is 0.705. The lowest BCUT2D eigenvalue weighted by Gasteiger charge is -2.46. The molecule has 0 radical (unpaired) electrons. The van der Waals surface area contributed by atoms with Gasteiger partial charge in [-0.2, -0.15) is 0 Å². The van der Waals surface area contributed by atoms with E-state index in [4.69, 9.17) is 4.74 Å². The molecule has 16 heavy (non-hydrogen) atoms. The minimum Gasteiger partial charge on any atom is -0.361 e. The van der Waals surface area contributed by atoms with E-state index in [9.17, 15) is 0 Å². The van der Waals surface area contributed by atoms with Gasteiger partial charge in [-0.3, -0.25) is 5.32 Å². The first kappa shape index (κ1) is 12.4. The zero-order chi connectivity index (χ0) is 11.4. The van der Waals surface area contributed by atoms with Crippen molar-refractivity contribution in [3.63, 3.8) is 0 Å². The highest BCUT2D eigenvalue weighted by atomic mass is 16.5. The Bertz CT molecular complexity index is 207. The van der Waals surface area contributed by atoms with Crippen LogP contribution in [-0.2, 0) is 4.74 Å². The van der Waals surface area contributed by atoms with E-state index in [1.807, 2.05) is 0 Å². The van der Waals surface area contributed by atoms with Crippen LogP contribution in [0.1, 0.15) is 65.2 Å². The molecular weight excluding hydrogens is 198 g/mol. The van der Waals surface area contributed by atoms with Crippen molar-refractivity contribution in [2.45, 2.75) is 77.0 Å². The fourth-order valence-corrected chi connectivity index (χ4v) is 3.29. The van der Waals surface area contributed by atoms with Crippen LogP contribution >= 0.6 is 0 Å². The van der Waals surface area contributed by atoms with Crippen LogP contribution in [0.4, 0.5) is 0 Å². The highest BCUT2D eigenvalue weighted by Gasteiger charge is 2.39. The maximum Gasteiger partial charge on any atom is 0.119 e. The molecule has 1 aliphatic carbocycles. The predicted octanol–water partition coefficient (Wildman–Crippen LogP) is 3.46. The molecule has 0 aromatic heterocycles. The number of rotatable bonds is 3. The van der Waals surface area contributed by atoms with Crippen LogP contribution in [0, 0.1) is 5.92 Å². The summed E-state index contributed by atoms with van der Waals surface area (Å²) in [6.07, 6.45) is 10.3. The lowest BCUT2D eigenvalue weighted by Crippen LogP contribution is -2.58. The summed E-state index contributed by atoms with van der Waals surface area (Å²) in [5, 5.41) is 3.79. The van der Waals surface area contributed by atoms with Gasteiger partial charge < -0.3 is 4.74 Å². The van der Waals surface area contributed by atoms with Gasteiger partial charge in [0.25, 0.3) is 0 Å². The van der Waals surface area contributed by atoms with Crippen LogP contribution in [0.2, 0.25) is 0 Å². The lowest BCUT2D eigenvalue weighted by atomic mass is 9.81. The molecule has 0 amide bonds. The van der Waals surface area contributed by atoms with Crippen molar-refractivity contribution in [3.8, 4) is 0 Å². The normalized spacial score (nSPS) is 40.1. The van der Waals surface area contributed by atoms with E-state index < -0.39 is 0 Å². The number of hydrogen-bond donors (Lipinski definition) is 1. The van der Waals surface area contributed by atoms with Crippen molar-refractivity contribution in [1.29, 1.82) is 0 Å². The maximum absolute atomic E-state index is 6.06. The van der Waals surface area contributed by atoms with Crippen molar-refractivity contribution in [2.75, 3.05) is 6.61 Å². The Labute approximate surface area is 100 Å². The SMILES string of the molecule is CCCC1CCOC2(CCC(CC)CC2)N1. The zero-order valence-electron chi connectivity index (χ0n) is 10.9. The molecule has 1 saturated heterocycles. The lowest BCUT2D eigenvalue weighted by molar-refractivity contribution is -0.136. The Morgan fingerprint density at radius 2 is 1.94 bits per heavy atom. The van der Waals surface area contributed by atoms with E-state index in [1.165, 1.54) is 51.4 Å². The first-order valence-corrected chi connectivity index (χ1v) is 7.19. The van der Waals surface area contributed by atoms with Gasteiger partial charge in [-0.25, -0.2) is 0 Å².